The molecule has 3 aromatic rings. The van der Waals surface area contributed by atoms with Crippen LogP contribution < -0.4 is 0 Å². The van der Waals surface area contributed by atoms with Gasteiger partial charge in [0.1, 0.15) is 0 Å². The lowest BCUT2D eigenvalue weighted by Gasteiger charge is -2.01. The maximum absolute atomic E-state index is 9.04. The minimum Gasteiger partial charge on any atom is -0.240 e. The second kappa shape index (κ2) is 6.35. The molecule has 0 saturated heterocycles. The number of hydrogen-bond acceptors (Lipinski definition) is 2. The molecule has 0 aliphatic heterocycles. The summed E-state index contributed by atoms with van der Waals surface area (Å²) in [5.41, 5.74) is 3.52. The molecule has 22 heavy (non-hydrogen) atoms. The Balaban J connectivity index is 2.10. The SMILES string of the molecule is N#CCc1cn(-c2ccc(Br)cc2)nc1-c1cccc(Cl)c1. The molecule has 5 heteroatoms. The van der Waals surface area contributed by atoms with Gasteiger partial charge >= 0.3 is 0 Å². The van der Waals surface area contributed by atoms with E-state index < -0.39 is 0 Å². The zero-order valence-electron chi connectivity index (χ0n) is 11.5. The van der Waals surface area contributed by atoms with Crippen LogP contribution in [0.1, 0.15) is 5.56 Å². The zero-order chi connectivity index (χ0) is 15.5. The largest absolute Gasteiger partial charge is 0.240 e. The number of nitriles is 1. The first-order valence-corrected chi connectivity index (χ1v) is 7.82. The first kappa shape index (κ1) is 14.8. The normalized spacial score (nSPS) is 10.4. The number of hydrogen-bond donors (Lipinski definition) is 0. The summed E-state index contributed by atoms with van der Waals surface area (Å²) in [5, 5.41) is 14.3. The van der Waals surface area contributed by atoms with Crippen LogP contribution in [0.4, 0.5) is 0 Å². The number of rotatable bonds is 3. The van der Waals surface area contributed by atoms with Gasteiger partial charge in [0.2, 0.25) is 0 Å². The smallest absolute Gasteiger partial charge is 0.0970 e. The molecule has 0 radical (unpaired) electrons. The fraction of sp³-hybridized carbons (Fsp3) is 0.0588. The van der Waals surface area contributed by atoms with Crippen LogP contribution in [-0.2, 0) is 6.42 Å². The van der Waals surface area contributed by atoms with E-state index in [1.54, 1.807) is 4.68 Å². The lowest BCUT2D eigenvalue weighted by molar-refractivity contribution is 0.883. The summed E-state index contributed by atoms with van der Waals surface area (Å²) in [6.07, 6.45) is 2.20. The maximum Gasteiger partial charge on any atom is 0.0970 e. The van der Waals surface area contributed by atoms with Crippen LogP contribution in [0.15, 0.2) is 59.2 Å². The van der Waals surface area contributed by atoms with E-state index in [0.29, 0.717) is 11.4 Å². The third-order valence-electron chi connectivity index (χ3n) is 3.25. The summed E-state index contributed by atoms with van der Waals surface area (Å²) in [4.78, 5) is 0. The highest BCUT2D eigenvalue weighted by molar-refractivity contribution is 9.10. The second-order valence-electron chi connectivity index (χ2n) is 4.77. The second-order valence-corrected chi connectivity index (χ2v) is 6.12. The summed E-state index contributed by atoms with van der Waals surface area (Å²) in [6.45, 7) is 0. The van der Waals surface area contributed by atoms with Crippen LogP contribution in [0, 0.1) is 11.3 Å². The van der Waals surface area contributed by atoms with E-state index in [-0.39, 0.29) is 0 Å². The van der Waals surface area contributed by atoms with E-state index in [0.717, 1.165) is 27.0 Å². The lowest BCUT2D eigenvalue weighted by Crippen LogP contribution is -1.94. The van der Waals surface area contributed by atoms with Crippen molar-refractivity contribution in [2.75, 3.05) is 0 Å². The number of benzene rings is 2. The molecule has 0 aliphatic carbocycles. The topological polar surface area (TPSA) is 41.6 Å². The van der Waals surface area contributed by atoms with Crippen molar-refractivity contribution in [1.29, 1.82) is 5.26 Å². The number of nitrogens with zero attached hydrogens (tertiary/aromatic N) is 3. The van der Waals surface area contributed by atoms with Gasteiger partial charge in [-0.25, -0.2) is 4.68 Å². The monoisotopic (exact) mass is 371 g/mol. The molecule has 1 heterocycles. The molecular weight excluding hydrogens is 362 g/mol. The van der Waals surface area contributed by atoms with E-state index in [2.05, 4.69) is 27.1 Å². The van der Waals surface area contributed by atoms with Gasteiger partial charge in [-0.2, -0.15) is 10.4 Å². The van der Waals surface area contributed by atoms with E-state index in [4.69, 9.17) is 16.9 Å². The van der Waals surface area contributed by atoms with Gasteiger partial charge in [-0.15, -0.1) is 0 Å². The Morgan fingerprint density at radius 1 is 1.18 bits per heavy atom. The van der Waals surface area contributed by atoms with Gasteiger partial charge < -0.3 is 0 Å². The summed E-state index contributed by atoms with van der Waals surface area (Å²) in [5.74, 6) is 0. The third kappa shape index (κ3) is 3.06. The maximum atomic E-state index is 9.04. The summed E-state index contributed by atoms with van der Waals surface area (Å²) in [7, 11) is 0. The zero-order valence-corrected chi connectivity index (χ0v) is 13.8. The Kier molecular flexibility index (Phi) is 4.28. The van der Waals surface area contributed by atoms with E-state index in [1.807, 2.05) is 54.7 Å². The Labute approximate surface area is 141 Å². The highest BCUT2D eigenvalue weighted by atomic mass is 79.9. The predicted molar refractivity (Wildman–Crippen MR) is 91.0 cm³/mol. The number of halogens is 2. The van der Waals surface area contributed by atoms with Crippen LogP contribution in [0.5, 0.6) is 0 Å². The Morgan fingerprint density at radius 2 is 1.95 bits per heavy atom. The third-order valence-corrected chi connectivity index (χ3v) is 4.01. The summed E-state index contributed by atoms with van der Waals surface area (Å²) in [6, 6.07) is 17.5. The van der Waals surface area contributed by atoms with Crippen molar-refractivity contribution in [2.24, 2.45) is 0 Å². The first-order valence-electron chi connectivity index (χ1n) is 6.65. The molecule has 0 N–H and O–H groups in total. The van der Waals surface area contributed by atoms with Gasteiger partial charge in [0.05, 0.1) is 23.9 Å². The van der Waals surface area contributed by atoms with Crippen molar-refractivity contribution >= 4 is 27.5 Å². The van der Waals surface area contributed by atoms with Gasteiger partial charge in [0, 0.05) is 26.8 Å². The van der Waals surface area contributed by atoms with Crippen molar-refractivity contribution in [3.63, 3.8) is 0 Å². The van der Waals surface area contributed by atoms with Crippen LogP contribution >= 0.6 is 27.5 Å². The van der Waals surface area contributed by atoms with Crippen molar-refractivity contribution < 1.29 is 0 Å². The van der Waals surface area contributed by atoms with Gasteiger partial charge in [-0.1, -0.05) is 39.7 Å². The van der Waals surface area contributed by atoms with Gasteiger partial charge in [-0.3, -0.25) is 0 Å². The Hall–Kier alpha value is -2.09. The Bertz CT molecular complexity index is 847. The molecule has 108 valence electrons. The molecule has 0 unspecified atom stereocenters. The highest BCUT2D eigenvalue weighted by Crippen LogP contribution is 2.26. The molecule has 0 atom stereocenters. The molecule has 2 aromatic carbocycles. The first-order chi connectivity index (χ1) is 10.7. The van der Waals surface area contributed by atoms with Crippen molar-refractivity contribution in [2.45, 2.75) is 6.42 Å². The van der Waals surface area contributed by atoms with E-state index in [1.165, 1.54) is 0 Å². The van der Waals surface area contributed by atoms with Crippen LogP contribution in [-0.4, -0.2) is 9.78 Å². The van der Waals surface area contributed by atoms with Crippen LogP contribution in [0.25, 0.3) is 16.9 Å². The van der Waals surface area contributed by atoms with Crippen LogP contribution in [0.2, 0.25) is 5.02 Å². The van der Waals surface area contributed by atoms with E-state index >= 15 is 0 Å². The quantitative estimate of drug-likeness (QED) is 0.647. The molecule has 0 bridgehead atoms. The number of aromatic nitrogens is 2. The summed E-state index contributed by atoms with van der Waals surface area (Å²) >= 11 is 9.48. The molecule has 3 rings (SSSR count). The molecule has 1 aromatic heterocycles. The average molecular weight is 373 g/mol. The summed E-state index contributed by atoms with van der Waals surface area (Å²) < 4.78 is 2.80. The van der Waals surface area contributed by atoms with Crippen molar-refractivity contribution in [1.82, 2.24) is 9.78 Å². The fourth-order valence-electron chi connectivity index (χ4n) is 2.23. The van der Waals surface area contributed by atoms with Gasteiger partial charge in [-0.05, 0) is 36.4 Å². The molecule has 0 aliphatic rings. The fourth-order valence-corrected chi connectivity index (χ4v) is 2.68. The van der Waals surface area contributed by atoms with Crippen molar-refractivity contribution in [3.05, 3.63) is 69.8 Å². The molecule has 3 nitrogen and oxygen atoms in total. The average Bonchev–Trinajstić information content (AvgIpc) is 2.92. The Morgan fingerprint density at radius 3 is 2.64 bits per heavy atom. The predicted octanol–water partition coefficient (Wildman–Crippen LogP) is 5.02. The van der Waals surface area contributed by atoms with Gasteiger partial charge in [0.15, 0.2) is 0 Å². The molecule has 0 fully saturated rings. The van der Waals surface area contributed by atoms with Crippen molar-refractivity contribution in [3.8, 4) is 23.0 Å². The lowest BCUT2D eigenvalue weighted by atomic mass is 10.1. The standard InChI is InChI=1S/C17H11BrClN3/c18-14-4-6-16(7-5-14)22-11-13(8-9-20)17(21-22)12-2-1-3-15(19)10-12/h1-7,10-11H,8H2. The van der Waals surface area contributed by atoms with Crippen LogP contribution in [0.3, 0.4) is 0 Å². The molecular formula is C17H11BrClN3. The minimum atomic E-state index is 0.304. The molecule has 0 spiro atoms. The van der Waals surface area contributed by atoms with E-state index in [9.17, 15) is 0 Å². The van der Waals surface area contributed by atoms with Gasteiger partial charge in [0.25, 0.3) is 0 Å². The highest BCUT2D eigenvalue weighted by Gasteiger charge is 2.12. The molecule has 0 amide bonds. The molecule has 0 saturated carbocycles. The minimum absolute atomic E-state index is 0.304.